The van der Waals surface area contributed by atoms with E-state index < -0.39 is 35.9 Å². The summed E-state index contributed by atoms with van der Waals surface area (Å²) in [5.41, 5.74) is 0.949. The number of carbonyl (C=O) groups excluding carboxylic acids is 2. The summed E-state index contributed by atoms with van der Waals surface area (Å²) in [5.74, 6) is -3.22. The number of aliphatic carboxylic acids is 1. The number of hydrogen-bond acceptors (Lipinski definition) is 4. The Labute approximate surface area is 126 Å². The van der Waals surface area contributed by atoms with Crippen LogP contribution < -0.4 is 5.32 Å². The zero-order valence-electron chi connectivity index (χ0n) is 11.9. The summed E-state index contributed by atoms with van der Waals surface area (Å²) in [6.45, 7) is 1.44. The highest BCUT2D eigenvalue weighted by Gasteiger charge is 2.53. The first-order valence-corrected chi connectivity index (χ1v) is 6.96. The highest BCUT2D eigenvalue weighted by atomic mass is 16.5. The zero-order valence-corrected chi connectivity index (χ0v) is 11.9. The van der Waals surface area contributed by atoms with Gasteiger partial charge in [-0.15, -0.1) is 0 Å². The number of ketones is 1. The smallest absolute Gasteiger partial charge is 0.310 e. The minimum atomic E-state index is -1.05. The van der Waals surface area contributed by atoms with Crippen molar-refractivity contribution in [3.63, 3.8) is 0 Å². The average Bonchev–Trinajstić information content (AvgIpc) is 3.07. The number of anilines is 1. The third-order valence-electron chi connectivity index (χ3n) is 4.02. The third kappa shape index (κ3) is 2.42. The molecule has 1 fully saturated rings. The minimum Gasteiger partial charge on any atom is -0.481 e. The van der Waals surface area contributed by atoms with Gasteiger partial charge in [-0.3, -0.25) is 14.4 Å². The normalized spacial score (nSPS) is 28.6. The maximum Gasteiger partial charge on any atom is 0.310 e. The van der Waals surface area contributed by atoms with Crippen molar-refractivity contribution in [3.05, 3.63) is 42.0 Å². The SMILES string of the molecule is CC(=O)c1cccc(NC(=O)[C@H]2[C@@H](C(=O)O)[C@@H]3C=C[C@H]2O3)c1. The molecule has 0 spiro atoms. The van der Waals surface area contributed by atoms with Crippen molar-refractivity contribution in [3.8, 4) is 0 Å². The van der Waals surface area contributed by atoms with Crippen molar-refractivity contribution in [2.75, 3.05) is 5.32 Å². The topological polar surface area (TPSA) is 92.7 Å². The van der Waals surface area contributed by atoms with Crippen LogP contribution in [0.5, 0.6) is 0 Å². The lowest BCUT2D eigenvalue weighted by Gasteiger charge is -2.21. The zero-order chi connectivity index (χ0) is 15.9. The summed E-state index contributed by atoms with van der Waals surface area (Å²) in [6, 6.07) is 6.55. The van der Waals surface area contributed by atoms with Crippen LogP contribution in [0.4, 0.5) is 5.69 Å². The van der Waals surface area contributed by atoms with Gasteiger partial charge in [-0.2, -0.15) is 0 Å². The van der Waals surface area contributed by atoms with E-state index in [-0.39, 0.29) is 5.78 Å². The van der Waals surface area contributed by atoms with Gasteiger partial charge in [0.25, 0.3) is 0 Å². The Morgan fingerprint density at radius 2 is 1.82 bits per heavy atom. The van der Waals surface area contributed by atoms with Gasteiger partial charge in [-0.25, -0.2) is 0 Å². The second-order valence-electron chi connectivity index (χ2n) is 5.47. The van der Waals surface area contributed by atoms with E-state index >= 15 is 0 Å². The first-order valence-electron chi connectivity index (χ1n) is 6.96. The second kappa shape index (κ2) is 5.38. The van der Waals surface area contributed by atoms with Crippen LogP contribution in [0.1, 0.15) is 17.3 Å². The van der Waals surface area contributed by atoms with E-state index in [2.05, 4.69) is 5.32 Å². The largest absolute Gasteiger partial charge is 0.481 e. The molecule has 0 aromatic heterocycles. The van der Waals surface area contributed by atoms with Gasteiger partial charge in [0.15, 0.2) is 5.78 Å². The summed E-state index contributed by atoms with van der Waals surface area (Å²) >= 11 is 0. The molecule has 1 amide bonds. The Hall–Kier alpha value is -2.47. The van der Waals surface area contributed by atoms with Crippen LogP contribution in [0.15, 0.2) is 36.4 Å². The van der Waals surface area contributed by atoms with E-state index in [1.807, 2.05) is 0 Å². The van der Waals surface area contributed by atoms with Crippen molar-refractivity contribution in [2.24, 2.45) is 11.8 Å². The molecule has 0 radical (unpaired) electrons. The van der Waals surface area contributed by atoms with E-state index in [1.165, 1.54) is 6.92 Å². The lowest BCUT2D eigenvalue weighted by atomic mass is 9.82. The molecule has 1 saturated heterocycles. The van der Waals surface area contributed by atoms with E-state index in [1.54, 1.807) is 36.4 Å². The Kier molecular flexibility index (Phi) is 3.54. The minimum absolute atomic E-state index is 0.106. The van der Waals surface area contributed by atoms with E-state index in [0.717, 1.165) is 0 Å². The summed E-state index contributed by atoms with van der Waals surface area (Å²) in [5, 5.41) is 12.0. The number of hydrogen-bond donors (Lipinski definition) is 2. The van der Waals surface area contributed by atoms with Crippen molar-refractivity contribution >= 4 is 23.3 Å². The van der Waals surface area contributed by atoms with Crippen LogP contribution >= 0.6 is 0 Å². The highest BCUT2D eigenvalue weighted by Crippen LogP contribution is 2.39. The molecule has 2 aliphatic heterocycles. The number of carbonyl (C=O) groups is 3. The first kappa shape index (κ1) is 14.5. The van der Waals surface area contributed by atoms with Crippen LogP contribution in [-0.2, 0) is 14.3 Å². The highest BCUT2D eigenvalue weighted by molar-refractivity contribution is 5.99. The summed E-state index contributed by atoms with van der Waals surface area (Å²) in [7, 11) is 0. The number of carboxylic acid groups (broad SMARTS) is 1. The van der Waals surface area contributed by atoms with Crippen molar-refractivity contribution in [2.45, 2.75) is 19.1 Å². The quantitative estimate of drug-likeness (QED) is 0.649. The first-order chi connectivity index (χ1) is 10.5. The number of amides is 1. The van der Waals surface area contributed by atoms with Gasteiger partial charge >= 0.3 is 5.97 Å². The molecule has 0 saturated carbocycles. The maximum atomic E-state index is 12.4. The molecule has 2 heterocycles. The Morgan fingerprint density at radius 1 is 1.14 bits per heavy atom. The fraction of sp³-hybridized carbons (Fsp3) is 0.312. The molecule has 1 aromatic rings. The van der Waals surface area contributed by atoms with Crippen molar-refractivity contribution < 1.29 is 24.2 Å². The number of benzene rings is 1. The third-order valence-corrected chi connectivity index (χ3v) is 4.02. The lowest BCUT2D eigenvalue weighted by Crippen LogP contribution is -2.39. The predicted molar refractivity (Wildman–Crippen MR) is 77.5 cm³/mol. The number of fused-ring (bicyclic) bond motifs is 2. The Morgan fingerprint density at radius 3 is 2.45 bits per heavy atom. The average molecular weight is 301 g/mol. The van der Waals surface area contributed by atoms with Gasteiger partial charge < -0.3 is 15.2 Å². The Balaban J connectivity index is 1.80. The standard InChI is InChI=1S/C16H15NO5/c1-8(18)9-3-2-4-10(7-9)17-15(19)13-11-5-6-12(22-11)14(13)16(20)21/h2-7,11-14H,1H3,(H,17,19)(H,20,21)/t11-,12+,13-,14+/m1/s1. The second-order valence-corrected chi connectivity index (χ2v) is 5.47. The molecule has 2 aliphatic rings. The fourth-order valence-electron chi connectivity index (χ4n) is 2.96. The fourth-order valence-corrected chi connectivity index (χ4v) is 2.96. The number of carboxylic acids is 1. The molecule has 22 heavy (non-hydrogen) atoms. The van der Waals surface area contributed by atoms with Crippen molar-refractivity contribution in [1.82, 2.24) is 0 Å². The molecule has 2 bridgehead atoms. The molecule has 1 aromatic carbocycles. The lowest BCUT2D eigenvalue weighted by molar-refractivity contribution is -0.145. The maximum absolute atomic E-state index is 12.4. The van der Waals surface area contributed by atoms with Crippen LogP contribution in [-0.4, -0.2) is 35.0 Å². The molecule has 2 N–H and O–H groups in total. The summed E-state index contributed by atoms with van der Waals surface area (Å²) in [4.78, 5) is 35.2. The van der Waals surface area contributed by atoms with E-state index in [0.29, 0.717) is 11.3 Å². The van der Waals surface area contributed by atoms with Gasteiger partial charge in [-0.05, 0) is 19.1 Å². The van der Waals surface area contributed by atoms with E-state index in [9.17, 15) is 19.5 Å². The monoisotopic (exact) mass is 301 g/mol. The van der Waals surface area contributed by atoms with E-state index in [4.69, 9.17) is 4.74 Å². The van der Waals surface area contributed by atoms with Gasteiger partial charge in [0.05, 0.1) is 18.1 Å². The van der Waals surface area contributed by atoms with Crippen LogP contribution in [0.25, 0.3) is 0 Å². The molecular weight excluding hydrogens is 286 g/mol. The van der Waals surface area contributed by atoms with Gasteiger partial charge in [0.1, 0.15) is 5.92 Å². The molecule has 6 heteroatoms. The van der Waals surface area contributed by atoms with Crippen LogP contribution in [0.3, 0.4) is 0 Å². The van der Waals surface area contributed by atoms with Crippen LogP contribution in [0.2, 0.25) is 0 Å². The predicted octanol–water partition coefficient (Wildman–Crippen LogP) is 1.48. The number of rotatable bonds is 4. The van der Waals surface area contributed by atoms with Gasteiger partial charge in [0.2, 0.25) is 5.91 Å². The van der Waals surface area contributed by atoms with Gasteiger partial charge in [0, 0.05) is 11.3 Å². The molecule has 114 valence electrons. The van der Waals surface area contributed by atoms with Gasteiger partial charge in [-0.1, -0.05) is 24.3 Å². The summed E-state index contributed by atoms with van der Waals surface area (Å²) < 4.78 is 5.47. The summed E-state index contributed by atoms with van der Waals surface area (Å²) in [6.07, 6.45) is 2.34. The van der Waals surface area contributed by atoms with Crippen molar-refractivity contribution in [1.29, 1.82) is 0 Å². The molecule has 3 rings (SSSR count). The molecule has 0 aliphatic carbocycles. The number of Topliss-reactive ketones (excluding diaryl/α,β-unsaturated/α-hetero) is 1. The molecule has 0 unspecified atom stereocenters. The molecule has 4 atom stereocenters. The Bertz CT molecular complexity index is 681. The number of nitrogens with one attached hydrogen (secondary N) is 1. The number of ether oxygens (including phenoxy) is 1. The molecule has 6 nitrogen and oxygen atoms in total. The van der Waals surface area contributed by atoms with Crippen LogP contribution in [0, 0.1) is 11.8 Å². The molecular formula is C16H15NO5.